The van der Waals surface area contributed by atoms with Crippen LogP contribution in [0, 0.1) is 0 Å². The second kappa shape index (κ2) is 6.00. The predicted molar refractivity (Wildman–Crippen MR) is 76.9 cm³/mol. The van der Waals surface area contributed by atoms with Gasteiger partial charge in [-0.15, -0.1) is 0 Å². The largest absolute Gasteiger partial charge is 0.494 e. The molecule has 0 aliphatic carbocycles. The van der Waals surface area contributed by atoms with Crippen LogP contribution in [0.15, 0.2) is 0 Å². The molecule has 0 saturated heterocycles. The Balaban J connectivity index is 2.66. The van der Waals surface area contributed by atoms with E-state index >= 15 is 0 Å². The summed E-state index contributed by atoms with van der Waals surface area (Å²) in [6.07, 6.45) is -1.74. The summed E-state index contributed by atoms with van der Waals surface area (Å²) >= 11 is 12.2. The van der Waals surface area contributed by atoms with Crippen LogP contribution in [-0.4, -0.2) is 42.0 Å². The Bertz CT molecular complexity index is 613. The minimum atomic E-state index is -1.74. The van der Waals surface area contributed by atoms with Crippen LogP contribution in [0.2, 0.25) is 10.0 Å². The quantitative estimate of drug-likeness (QED) is 0.631. The lowest BCUT2D eigenvalue weighted by molar-refractivity contribution is -0.129. The fraction of sp³-hybridized carbons (Fsp3) is 0.462. The van der Waals surface area contributed by atoms with Crippen LogP contribution >= 0.6 is 23.2 Å². The molecule has 0 saturated carbocycles. The Morgan fingerprint density at radius 3 is 2.32 bits per heavy atom. The monoisotopic (exact) mass is 352 g/mol. The highest BCUT2D eigenvalue weighted by molar-refractivity contribution is 6.44. The molecule has 0 spiro atoms. The first-order valence-corrected chi connectivity index (χ1v) is 6.93. The molecule has 0 bridgehead atoms. The van der Waals surface area contributed by atoms with Crippen molar-refractivity contribution in [3.63, 3.8) is 0 Å². The molecule has 0 atom stereocenters. The highest BCUT2D eigenvalue weighted by atomic mass is 35.5. The number of methoxy groups -OCH3 is 1. The first-order valence-electron chi connectivity index (χ1n) is 6.18. The third-order valence-corrected chi connectivity index (χ3v) is 3.54. The van der Waals surface area contributed by atoms with E-state index in [0.717, 1.165) is 0 Å². The van der Waals surface area contributed by atoms with Crippen molar-refractivity contribution >= 4 is 29.2 Å². The van der Waals surface area contributed by atoms with Gasteiger partial charge in [-0.1, -0.05) is 23.2 Å². The molecule has 0 radical (unpaired) electrons. The maximum atomic E-state index is 12.2. The normalized spacial score (nSPS) is 15.9. The van der Waals surface area contributed by atoms with Crippen LogP contribution in [0.1, 0.15) is 24.2 Å². The van der Waals surface area contributed by atoms with E-state index in [-0.39, 0.29) is 32.9 Å². The van der Waals surface area contributed by atoms with Gasteiger partial charge in [0.1, 0.15) is 22.2 Å². The third kappa shape index (κ3) is 3.03. The molecule has 2 rings (SSSR count). The molecule has 0 aromatic heterocycles. The average Bonchev–Trinajstić information content (AvgIpc) is 2.39. The van der Waals surface area contributed by atoms with E-state index in [1.807, 2.05) is 0 Å². The number of carbonyl (C=O) groups is 1. The standard InChI is InChI=1S/C13H14Cl2O7/c1-13(2)21-10-6(12(18)22-13)9(19-3)7(14)8(15)11(10)20-4-5(16)17/h5,16-17H,4H2,1-3H3. The van der Waals surface area contributed by atoms with Gasteiger partial charge in [0.2, 0.25) is 5.79 Å². The molecule has 0 fully saturated rings. The molecule has 1 aliphatic rings. The Morgan fingerprint density at radius 1 is 1.18 bits per heavy atom. The number of cyclic esters (lactones) is 1. The summed E-state index contributed by atoms with van der Waals surface area (Å²) in [5.41, 5.74) is -0.0846. The Kier molecular flexibility index (Phi) is 4.62. The van der Waals surface area contributed by atoms with Gasteiger partial charge in [0.05, 0.1) is 7.11 Å². The maximum absolute atomic E-state index is 12.2. The maximum Gasteiger partial charge on any atom is 0.349 e. The number of esters is 1. The Morgan fingerprint density at radius 2 is 1.77 bits per heavy atom. The zero-order chi connectivity index (χ0) is 16.7. The van der Waals surface area contributed by atoms with Crippen LogP contribution < -0.4 is 14.2 Å². The number of halogens is 2. The summed E-state index contributed by atoms with van der Waals surface area (Å²) in [6.45, 7) is 2.55. The topological polar surface area (TPSA) is 94.5 Å². The molecule has 0 unspecified atom stereocenters. The summed E-state index contributed by atoms with van der Waals surface area (Å²) in [4.78, 5) is 12.2. The van der Waals surface area contributed by atoms with E-state index in [2.05, 4.69) is 0 Å². The van der Waals surface area contributed by atoms with Gasteiger partial charge in [0.15, 0.2) is 23.5 Å². The van der Waals surface area contributed by atoms with Crippen LogP contribution in [0.5, 0.6) is 17.2 Å². The molecular formula is C13H14Cl2O7. The van der Waals surface area contributed by atoms with E-state index in [1.165, 1.54) is 21.0 Å². The van der Waals surface area contributed by atoms with E-state index < -0.39 is 24.7 Å². The fourth-order valence-electron chi connectivity index (χ4n) is 1.93. The lowest BCUT2D eigenvalue weighted by atomic mass is 10.1. The molecule has 0 amide bonds. The lowest BCUT2D eigenvalue weighted by Crippen LogP contribution is -2.39. The summed E-state index contributed by atoms with van der Waals surface area (Å²) in [7, 11) is 1.31. The average molecular weight is 353 g/mol. The molecule has 7 nitrogen and oxygen atoms in total. The predicted octanol–water partition coefficient (Wildman–Crippen LogP) is 1.98. The highest BCUT2D eigenvalue weighted by Gasteiger charge is 2.41. The molecule has 22 heavy (non-hydrogen) atoms. The van der Waals surface area contributed by atoms with Crippen molar-refractivity contribution in [2.75, 3.05) is 13.7 Å². The number of rotatable bonds is 4. The minimum absolute atomic E-state index is 0.0148. The molecule has 9 heteroatoms. The molecular weight excluding hydrogens is 339 g/mol. The van der Waals surface area contributed by atoms with Crippen molar-refractivity contribution in [2.45, 2.75) is 25.9 Å². The Labute approximate surface area is 136 Å². The first kappa shape index (κ1) is 17.0. The molecule has 122 valence electrons. The van der Waals surface area contributed by atoms with E-state index in [9.17, 15) is 4.79 Å². The first-order chi connectivity index (χ1) is 10.2. The van der Waals surface area contributed by atoms with Crippen LogP contribution in [0.3, 0.4) is 0 Å². The fourth-order valence-corrected chi connectivity index (χ4v) is 2.41. The van der Waals surface area contributed by atoms with Gasteiger partial charge in [-0.05, 0) is 0 Å². The van der Waals surface area contributed by atoms with E-state index in [1.54, 1.807) is 0 Å². The zero-order valence-corrected chi connectivity index (χ0v) is 13.5. The number of benzene rings is 1. The van der Waals surface area contributed by atoms with Crippen molar-refractivity contribution < 1.29 is 34.0 Å². The van der Waals surface area contributed by atoms with Crippen LogP contribution in [0.25, 0.3) is 0 Å². The van der Waals surface area contributed by atoms with Crippen molar-refractivity contribution in [3.05, 3.63) is 15.6 Å². The van der Waals surface area contributed by atoms with Gasteiger partial charge in [-0.3, -0.25) is 0 Å². The number of hydrogen-bond acceptors (Lipinski definition) is 7. The van der Waals surface area contributed by atoms with Gasteiger partial charge in [0.25, 0.3) is 0 Å². The molecule has 1 aromatic rings. The molecule has 1 heterocycles. The molecule has 2 N–H and O–H groups in total. The molecule has 1 aliphatic heterocycles. The number of fused-ring (bicyclic) bond motifs is 1. The van der Waals surface area contributed by atoms with Crippen molar-refractivity contribution in [1.29, 1.82) is 0 Å². The summed E-state index contributed by atoms with van der Waals surface area (Å²) in [5, 5.41) is 17.7. The SMILES string of the molecule is COc1c(Cl)c(Cl)c(OCC(O)O)c2c1C(=O)OC(C)(C)O2. The van der Waals surface area contributed by atoms with E-state index in [0.29, 0.717) is 0 Å². The van der Waals surface area contributed by atoms with Gasteiger partial charge in [0, 0.05) is 13.8 Å². The zero-order valence-electron chi connectivity index (χ0n) is 12.0. The third-order valence-electron chi connectivity index (χ3n) is 2.72. The summed E-state index contributed by atoms with van der Waals surface area (Å²) < 4.78 is 21.0. The number of ether oxygens (including phenoxy) is 4. The number of carbonyl (C=O) groups excluding carboxylic acids is 1. The van der Waals surface area contributed by atoms with E-state index in [4.69, 9.17) is 52.4 Å². The number of aliphatic hydroxyl groups is 2. The summed E-state index contributed by atoms with van der Waals surface area (Å²) in [6, 6.07) is 0. The van der Waals surface area contributed by atoms with Crippen molar-refractivity contribution in [1.82, 2.24) is 0 Å². The lowest BCUT2D eigenvalue weighted by Gasteiger charge is -2.33. The summed E-state index contributed by atoms with van der Waals surface area (Å²) in [5.74, 6) is -2.13. The van der Waals surface area contributed by atoms with Gasteiger partial charge >= 0.3 is 5.97 Å². The van der Waals surface area contributed by atoms with Crippen molar-refractivity contribution in [3.8, 4) is 17.2 Å². The minimum Gasteiger partial charge on any atom is -0.494 e. The van der Waals surface area contributed by atoms with Crippen LogP contribution in [0.4, 0.5) is 0 Å². The van der Waals surface area contributed by atoms with Gasteiger partial charge in [-0.2, -0.15) is 0 Å². The van der Waals surface area contributed by atoms with Crippen LogP contribution in [-0.2, 0) is 4.74 Å². The smallest absolute Gasteiger partial charge is 0.349 e. The second-order valence-corrected chi connectivity index (χ2v) is 5.63. The highest BCUT2D eigenvalue weighted by Crippen LogP contribution is 2.52. The number of aliphatic hydroxyl groups excluding tert-OH is 1. The van der Waals surface area contributed by atoms with Gasteiger partial charge in [-0.25, -0.2) is 4.79 Å². The van der Waals surface area contributed by atoms with Gasteiger partial charge < -0.3 is 29.2 Å². The molecule has 1 aromatic carbocycles. The Hall–Kier alpha value is -1.41. The van der Waals surface area contributed by atoms with Crippen molar-refractivity contribution in [2.24, 2.45) is 0 Å². The second-order valence-electron chi connectivity index (χ2n) is 4.88. The number of hydrogen-bond donors (Lipinski definition) is 2.